The minimum Gasteiger partial charge on any atom is -0.310 e. The molecule has 0 fully saturated rings. The van der Waals surface area contributed by atoms with Crippen molar-refractivity contribution in [2.75, 3.05) is 0 Å². The van der Waals surface area contributed by atoms with E-state index in [1.54, 1.807) is 18.2 Å². The fraction of sp³-hybridized carbons (Fsp3) is 0.250. The van der Waals surface area contributed by atoms with E-state index >= 15 is 0 Å². The van der Waals surface area contributed by atoms with Crippen LogP contribution in [0.1, 0.15) is 19.4 Å². The Morgan fingerprint density at radius 3 is 2.65 bits per heavy atom. The molecule has 0 spiro atoms. The van der Waals surface area contributed by atoms with Crippen LogP contribution in [0.3, 0.4) is 0 Å². The lowest BCUT2D eigenvalue weighted by molar-refractivity contribution is 0.588. The highest BCUT2D eigenvalue weighted by atomic mass is 79.9. The van der Waals surface area contributed by atoms with Crippen LogP contribution in [-0.4, -0.2) is 6.04 Å². The van der Waals surface area contributed by atoms with E-state index in [9.17, 15) is 4.39 Å². The molecule has 2 aromatic rings. The zero-order valence-corrected chi connectivity index (χ0v) is 13.7. The van der Waals surface area contributed by atoms with Crippen molar-refractivity contribution in [3.63, 3.8) is 0 Å². The third-order valence-corrected chi connectivity index (χ3v) is 3.86. The van der Waals surface area contributed by atoms with Crippen molar-refractivity contribution in [2.24, 2.45) is 0 Å². The van der Waals surface area contributed by atoms with Crippen LogP contribution in [-0.2, 0) is 6.54 Å². The minimum atomic E-state index is -0.249. The Morgan fingerprint density at radius 2 is 1.95 bits per heavy atom. The van der Waals surface area contributed by atoms with Gasteiger partial charge in [0, 0.05) is 23.2 Å². The quantitative estimate of drug-likeness (QED) is 0.772. The molecule has 4 heteroatoms. The Balaban J connectivity index is 2.47. The van der Waals surface area contributed by atoms with Gasteiger partial charge in [0.2, 0.25) is 0 Å². The molecule has 0 aliphatic heterocycles. The summed E-state index contributed by atoms with van der Waals surface area (Å²) in [6.07, 6.45) is 0. The van der Waals surface area contributed by atoms with E-state index in [1.165, 1.54) is 0 Å². The van der Waals surface area contributed by atoms with Gasteiger partial charge in [0.05, 0.1) is 4.47 Å². The SMILES string of the molecule is CC(C)NCc1cc(Cl)ccc1-c1cccc(Br)c1F. The van der Waals surface area contributed by atoms with Gasteiger partial charge in [-0.1, -0.05) is 43.6 Å². The molecular formula is C16H16BrClFN. The van der Waals surface area contributed by atoms with Crippen molar-refractivity contribution >= 4 is 27.5 Å². The highest BCUT2D eigenvalue weighted by Gasteiger charge is 2.12. The Bertz CT molecular complexity index is 613. The average Bonchev–Trinajstić information content (AvgIpc) is 2.40. The highest BCUT2D eigenvalue weighted by Crippen LogP contribution is 2.31. The van der Waals surface area contributed by atoms with Crippen molar-refractivity contribution in [3.8, 4) is 11.1 Å². The van der Waals surface area contributed by atoms with Crippen LogP contribution >= 0.6 is 27.5 Å². The maximum atomic E-state index is 14.3. The molecule has 0 aliphatic rings. The second-order valence-electron chi connectivity index (χ2n) is 4.94. The Hall–Kier alpha value is -0.900. The fourth-order valence-electron chi connectivity index (χ4n) is 2.00. The summed E-state index contributed by atoms with van der Waals surface area (Å²) in [6, 6.07) is 11.2. The molecule has 2 aromatic carbocycles. The van der Waals surface area contributed by atoms with Crippen molar-refractivity contribution in [2.45, 2.75) is 26.4 Å². The summed E-state index contributed by atoms with van der Waals surface area (Å²) in [4.78, 5) is 0. The maximum absolute atomic E-state index is 14.3. The number of benzene rings is 2. The van der Waals surface area contributed by atoms with E-state index in [0.717, 1.165) is 11.1 Å². The van der Waals surface area contributed by atoms with Crippen LogP contribution in [0.5, 0.6) is 0 Å². The van der Waals surface area contributed by atoms with Crippen LogP contribution in [0.4, 0.5) is 4.39 Å². The lowest BCUT2D eigenvalue weighted by Crippen LogP contribution is -2.22. The molecular weight excluding hydrogens is 341 g/mol. The number of hydrogen-bond donors (Lipinski definition) is 1. The Morgan fingerprint density at radius 1 is 1.20 bits per heavy atom. The molecule has 0 saturated carbocycles. The number of rotatable bonds is 4. The molecule has 0 saturated heterocycles. The highest BCUT2D eigenvalue weighted by molar-refractivity contribution is 9.10. The predicted octanol–water partition coefficient (Wildman–Crippen LogP) is 5.41. The Labute approximate surface area is 132 Å². The van der Waals surface area contributed by atoms with E-state index in [-0.39, 0.29) is 5.82 Å². The van der Waals surface area contributed by atoms with Crippen molar-refractivity contribution in [3.05, 3.63) is 57.3 Å². The molecule has 0 heterocycles. The van der Waals surface area contributed by atoms with Gasteiger partial charge in [0.15, 0.2) is 0 Å². The Kier molecular flexibility index (Phi) is 5.19. The lowest BCUT2D eigenvalue weighted by atomic mass is 9.99. The smallest absolute Gasteiger partial charge is 0.145 e. The topological polar surface area (TPSA) is 12.0 Å². The molecule has 0 bridgehead atoms. The first-order valence-corrected chi connectivity index (χ1v) is 7.62. The third kappa shape index (κ3) is 3.60. The summed E-state index contributed by atoms with van der Waals surface area (Å²) in [5, 5.41) is 4.00. The van der Waals surface area contributed by atoms with Gasteiger partial charge in [-0.15, -0.1) is 0 Å². The van der Waals surface area contributed by atoms with E-state index in [1.807, 2.05) is 18.2 Å². The van der Waals surface area contributed by atoms with Crippen LogP contribution < -0.4 is 5.32 Å². The number of nitrogens with one attached hydrogen (secondary N) is 1. The summed E-state index contributed by atoms with van der Waals surface area (Å²) in [5.74, 6) is -0.249. The minimum absolute atomic E-state index is 0.249. The van der Waals surface area contributed by atoms with Crippen molar-refractivity contribution in [1.82, 2.24) is 5.32 Å². The third-order valence-electron chi connectivity index (χ3n) is 3.01. The monoisotopic (exact) mass is 355 g/mol. The largest absolute Gasteiger partial charge is 0.310 e. The van der Waals surface area contributed by atoms with Gasteiger partial charge in [-0.25, -0.2) is 4.39 Å². The summed E-state index contributed by atoms with van der Waals surface area (Å²) in [5.41, 5.74) is 2.43. The van der Waals surface area contributed by atoms with Gasteiger partial charge in [-0.2, -0.15) is 0 Å². The maximum Gasteiger partial charge on any atom is 0.145 e. The summed E-state index contributed by atoms with van der Waals surface area (Å²) in [6.45, 7) is 4.80. The van der Waals surface area contributed by atoms with Gasteiger partial charge in [-0.05, 0) is 45.3 Å². The molecule has 0 amide bonds. The summed E-state index contributed by atoms with van der Waals surface area (Å²) in [7, 11) is 0. The summed E-state index contributed by atoms with van der Waals surface area (Å²) >= 11 is 9.29. The van der Waals surface area contributed by atoms with Gasteiger partial charge >= 0.3 is 0 Å². The second kappa shape index (κ2) is 6.70. The van der Waals surface area contributed by atoms with E-state index < -0.39 is 0 Å². The normalized spacial score (nSPS) is 11.1. The zero-order chi connectivity index (χ0) is 14.7. The molecule has 0 radical (unpaired) electrons. The van der Waals surface area contributed by atoms with Crippen molar-refractivity contribution in [1.29, 1.82) is 0 Å². The first-order valence-electron chi connectivity index (χ1n) is 6.45. The predicted molar refractivity (Wildman–Crippen MR) is 86.5 cm³/mol. The molecule has 1 nitrogen and oxygen atoms in total. The molecule has 0 aliphatic carbocycles. The van der Waals surface area contributed by atoms with Crippen LogP contribution in [0.15, 0.2) is 40.9 Å². The van der Waals surface area contributed by atoms with E-state index in [2.05, 4.69) is 35.1 Å². The van der Waals surface area contributed by atoms with Gasteiger partial charge in [0.25, 0.3) is 0 Å². The van der Waals surface area contributed by atoms with Gasteiger partial charge < -0.3 is 5.32 Å². The lowest BCUT2D eigenvalue weighted by Gasteiger charge is -2.14. The number of hydrogen-bond acceptors (Lipinski definition) is 1. The average molecular weight is 357 g/mol. The molecule has 0 atom stereocenters. The van der Waals surface area contributed by atoms with E-state index in [4.69, 9.17) is 11.6 Å². The first-order chi connectivity index (χ1) is 9.49. The van der Waals surface area contributed by atoms with Crippen LogP contribution in [0.2, 0.25) is 5.02 Å². The van der Waals surface area contributed by atoms with E-state index in [0.29, 0.717) is 27.6 Å². The fourth-order valence-corrected chi connectivity index (χ4v) is 2.56. The first kappa shape index (κ1) is 15.5. The molecule has 1 N–H and O–H groups in total. The molecule has 106 valence electrons. The molecule has 20 heavy (non-hydrogen) atoms. The summed E-state index contributed by atoms with van der Waals surface area (Å²) < 4.78 is 14.7. The molecule has 0 unspecified atom stereocenters. The zero-order valence-electron chi connectivity index (χ0n) is 11.4. The standard InChI is InChI=1S/C16H16BrClFN/c1-10(2)20-9-11-8-12(18)6-7-13(11)14-4-3-5-15(17)16(14)19/h3-8,10,20H,9H2,1-2H3. The second-order valence-corrected chi connectivity index (χ2v) is 6.23. The van der Waals surface area contributed by atoms with Gasteiger partial charge in [0.1, 0.15) is 5.82 Å². The molecule has 2 rings (SSSR count). The molecule has 0 aromatic heterocycles. The number of halogens is 3. The van der Waals surface area contributed by atoms with Crippen molar-refractivity contribution < 1.29 is 4.39 Å². The van der Waals surface area contributed by atoms with Gasteiger partial charge in [-0.3, -0.25) is 0 Å². The van der Waals surface area contributed by atoms with Crippen LogP contribution in [0.25, 0.3) is 11.1 Å². The van der Waals surface area contributed by atoms with Crippen LogP contribution in [0, 0.1) is 5.82 Å².